The Labute approximate surface area is 76.8 Å². The van der Waals surface area contributed by atoms with Crippen molar-refractivity contribution in [1.29, 1.82) is 0 Å². The van der Waals surface area contributed by atoms with Gasteiger partial charge in [0.15, 0.2) is 0 Å². The van der Waals surface area contributed by atoms with Crippen molar-refractivity contribution in [2.24, 2.45) is 10.7 Å². The molecule has 2 amide bonds. The highest BCUT2D eigenvalue weighted by atomic mass is 16.2. The van der Waals surface area contributed by atoms with E-state index in [-0.39, 0.29) is 11.6 Å². The average molecular weight is 179 g/mol. The van der Waals surface area contributed by atoms with Crippen molar-refractivity contribution in [3.05, 3.63) is 0 Å². The molecule has 0 unspecified atom stereocenters. The maximum absolute atomic E-state index is 11.5. The van der Waals surface area contributed by atoms with Gasteiger partial charge in [0.25, 0.3) is 0 Å². The summed E-state index contributed by atoms with van der Waals surface area (Å²) in [6.07, 6.45) is 5.48. The molecule has 0 aromatic heterocycles. The first-order chi connectivity index (χ1) is 6.24. The number of nitrogens with two attached hydrogens (primary N) is 1. The Morgan fingerprint density at radius 3 is 2.62 bits per heavy atom. The second-order valence-electron chi connectivity index (χ2n) is 4.27. The quantitative estimate of drug-likeness (QED) is 0.649. The van der Waals surface area contributed by atoms with Crippen molar-refractivity contribution in [3.8, 4) is 0 Å². The fourth-order valence-electron chi connectivity index (χ4n) is 2.41. The minimum Gasteiger partial charge on any atom is -0.385 e. The van der Waals surface area contributed by atoms with Crippen LogP contribution in [0.4, 0.5) is 4.79 Å². The van der Waals surface area contributed by atoms with E-state index in [1.807, 2.05) is 4.90 Å². The summed E-state index contributed by atoms with van der Waals surface area (Å²) in [6.45, 7) is 0. The number of hydrogen-bond acceptors (Lipinski definition) is 2. The molecular formula is C9H13N3O. The lowest BCUT2D eigenvalue weighted by atomic mass is 9.75. The van der Waals surface area contributed by atoms with Crippen molar-refractivity contribution >= 4 is 11.9 Å². The number of hydrogen-bond donors (Lipinski definition) is 1. The maximum Gasteiger partial charge on any atom is 0.346 e. The van der Waals surface area contributed by atoms with Crippen LogP contribution < -0.4 is 5.73 Å². The lowest BCUT2D eigenvalue weighted by molar-refractivity contribution is 0.111. The minimum absolute atomic E-state index is 0.0975. The smallest absolute Gasteiger partial charge is 0.346 e. The average Bonchev–Trinajstić information content (AvgIpc) is 2.74. The van der Waals surface area contributed by atoms with Gasteiger partial charge in [0.2, 0.25) is 0 Å². The number of carbonyl (C=O) groups is 1. The summed E-state index contributed by atoms with van der Waals surface area (Å²) >= 11 is 0. The molecule has 70 valence electrons. The summed E-state index contributed by atoms with van der Waals surface area (Å²) in [6, 6.07) is 0.345. The van der Waals surface area contributed by atoms with E-state index in [2.05, 4.69) is 4.99 Å². The van der Waals surface area contributed by atoms with Gasteiger partial charge in [-0.2, -0.15) is 4.99 Å². The highest BCUT2D eigenvalue weighted by Crippen LogP contribution is 2.46. The fourth-order valence-corrected chi connectivity index (χ4v) is 2.41. The van der Waals surface area contributed by atoms with Gasteiger partial charge in [-0.25, -0.2) is 4.79 Å². The Hall–Kier alpha value is -1.06. The first kappa shape index (κ1) is 7.35. The van der Waals surface area contributed by atoms with Gasteiger partial charge in [0, 0.05) is 6.04 Å². The van der Waals surface area contributed by atoms with Crippen LogP contribution in [-0.2, 0) is 0 Å². The van der Waals surface area contributed by atoms with Crippen molar-refractivity contribution < 1.29 is 4.79 Å². The Morgan fingerprint density at radius 2 is 2.15 bits per heavy atom. The molecule has 0 bridgehead atoms. The van der Waals surface area contributed by atoms with E-state index in [9.17, 15) is 4.79 Å². The molecule has 3 rings (SSSR count). The third-order valence-corrected chi connectivity index (χ3v) is 3.45. The number of carbonyl (C=O) groups excluding carboxylic acids is 1. The second-order valence-corrected chi connectivity index (χ2v) is 4.27. The summed E-state index contributed by atoms with van der Waals surface area (Å²) in [5, 5.41) is 0. The van der Waals surface area contributed by atoms with Gasteiger partial charge < -0.3 is 10.6 Å². The van der Waals surface area contributed by atoms with Crippen molar-refractivity contribution in [1.82, 2.24) is 4.90 Å². The Morgan fingerprint density at radius 1 is 1.46 bits per heavy atom. The van der Waals surface area contributed by atoms with Gasteiger partial charge in [0.05, 0.1) is 0 Å². The molecule has 0 atom stereocenters. The van der Waals surface area contributed by atoms with Gasteiger partial charge in [-0.15, -0.1) is 0 Å². The molecule has 2 fully saturated rings. The number of rotatable bonds is 1. The lowest BCUT2D eigenvalue weighted by Gasteiger charge is -2.45. The Balaban J connectivity index is 1.97. The molecule has 4 nitrogen and oxygen atoms in total. The van der Waals surface area contributed by atoms with Crippen molar-refractivity contribution in [2.75, 3.05) is 0 Å². The van der Waals surface area contributed by atoms with E-state index in [4.69, 9.17) is 5.73 Å². The standard InChI is InChI=1S/C9H13N3O/c10-7-9(4-1-5-9)12(6-2-3-6)8(13)11-7/h6H,1-5H2,(H2,10,11,13). The molecule has 2 N–H and O–H groups in total. The molecule has 0 aromatic rings. The van der Waals surface area contributed by atoms with E-state index in [0.717, 1.165) is 25.7 Å². The molecule has 2 aliphatic carbocycles. The van der Waals surface area contributed by atoms with Crippen LogP contribution in [0.3, 0.4) is 0 Å². The third-order valence-electron chi connectivity index (χ3n) is 3.45. The van der Waals surface area contributed by atoms with Gasteiger partial charge in [0.1, 0.15) is 11.4 Å². The van der Waals surface area contributed by atoms with E-state index >= 15 is 0 Å². The minimum atomic E-state index is -0.141. The number of amidine groups is 1. The van der Waals surface area contributed by atoms with Crippen LogP contribution in [0.15, 0.2) is 4.99 Å². The van der Waals surface area contributed by atoms with E-state index in [1.54, 1.807) is 0 Å². The van der Waals surface area contributed by atoms with Gasteiger partial charge in [-0.05, 0) is 32.1 Å². The van der Waals surface area contributed by atoms with Crippen LogP contribution in [-0.4, -0.2) is 28.3 Å². The van der Waals surface area contributed by atoms with Crippen LogP contribution >= 0.6 is 0 Å². The van der Waals surface area contributed by atoms with Crippen LogP contribution in [0, 0.1) is 0 Å². The van der Waals surface area contributed by atoms with Crippen LogP contribution in [0.2, 0.25) is 0 Å². The maximum atomic E-state index is 11.5. The number of urea groups is 1. The Kier molecular flexibility index (Phi) is 1.16. The first-order valence-electron chi connectivity index (χ1n) is 4.92. The summed E-state index contributed by atoms with van der Waals surface area (Å²) in [5.41, 5.74) is 5.67. The van der Waals surface area contributed by atoms with Gasteiger partial charge in [-0.3, -0.25) is 0 Å². The molecule has 0 saturated heterocycles. The molecule has 4 heteroatoms. The zero-order valence-corrected chi connectivity index (χ0v) is 7.49. The van der Waals surface area contributed by atoms with Crippen LogP contribution in [0.5, 0.6) is 0 Å². The predicted molar refractivity (Wildman–Crippen MR) is 48.5 cm³/mol. The van der Waals surface area contributed by atoms with Gasteiger partial charge >= 0.3 is 6.03 Å². The topological polar surface area (TPSA) is 58.7 Å². The molecule has 1 spiro atoms. The predicted octanol–water partition coefficient (Wildman–Crippen LogP) is 0.864. The molecule has 3 aliphatic rings. The van der Waals surface area contributed by atoms with Gasteiger partial charge in [-0.1, -0.05) is 0 Å². The summed E-state index contributed by atoms with van der Waals surface area (Å²) < 4.78 is 0. The van der Waals surface area contributed by atoms with Crippen molar-refractivity contribution in [3.63, 3.8) is 0 Å². The van der Waals surface area contributed by atoms with E-state index < -0.39 is 0 Å². The number of amides is 2. The van der Waals surface area contributed by atoms with E-state index in [0.29, 0.717) is 11.9 Å². The lowest BCUT2D eigenvalue weighted by Crippen LogP contribution is -2.59. The molecular weight excluding hydrogens is 166 g/mol. The number of aliphatic imine (C=N–C) groups is 1. The largest absolute Gasteiger partial charge is 0.385 e. The zero-order valence-electron chi connectivity index (χ0n) is 7.49. The zero-order chi connectivity index (χ0) is 9.05. The normalized spacial score (nSPS) is 30.6. The fraction of sp³-hybridized carbons (Fsp3) is 0.778. The summed E-state index contributed by atoms with van der Waals surface area (Å²) in [5.74, 6) is 0.565. The first-order valence-corrected chi connectivity index (χ1v) is 4.92. The van der Waals surface area contributed by atoms with E-state index in [1.165, 1.54) is 6.42 Å². The second kappa shape index (κ2) is 2.05. The summed E-state index contributed by atoms with van der Waals surface area (Å²) in [7, 11) is 0. The monoisotopic (exact) mass is 179 g/mol. The van der Waals surface area contributed by atoms with Crippen LogP contribution in [0.1, 0.15) is 32.1 Å². The van der Waals surface area contributed by atoms with Crippen molar-refractivity contribution in [2.45, 2.75) is 43.7 Å². The molecule has 2 saturated carbocycles. The molecule has 13 heavy (non-hydrogen) atoms. The molecule has 1 aliphatic heterocycles. The third kappa shape index (κ3) is 0.759. The molecule has 0 radical (unpaired) electrons. The molecule has 1 heterocycles. The summed E-state index contributed by atoms with van der Waals surface area (Å²) in [4.78, 5) is 17.4. The molecule has 0 aromatic carbocycles. The highest BCUT2D eigenvalue weighted by molar-refractivity contribution is 6.06. The Bertz CT molecular complexity index is 302. The van der Waals surface area contributed by atoms with Crippen LogP contribution in [0.25, 0.3) is 0 Å². The highest BCUT2D eigenvalue weighted by Gasteiger charge is 2.56. The SMILES string of the molecule is NC1=NC(=O)N(C2CC2)C12CCC2. The number of nitrogens with zero attached hydrogens (tertiary/aromatic N) is 2.